The van der Waals surface area contributed by atoms with Gasteiger partial charge in [0.05, 0.1) is 26.0 Å². The van der Waals surface area contributed by atoms with Crippen molar-refractivity contribution in [2.45, 2.75) is 0 Å². The van der Waals surface area contributed by atoms with Gasteiger partial charge in [-0.25, -0.2) is 4.98 Å². The number of carbonyl (C=O) groups is 1. The number of imidazole rings is 1. The van der Waals surface area contributed by atoms with E-state index in [0.717, 1.165) is 22.0 Å². The van der Waals surface area contributed by atoms with Crippen molar-refractivity contribution in [3.8, 4) is 17.0 Å². The minimum Gasteiger partial charge on any atom is -0.497 e. The van der Waals surface area contributed by atoms with Gasteiger partial charge in [0, 0.05) is 30.2 Å². The van der Waals surface area contributed by atoms with Gasteiger partial charge in [0.1, 0.15) is 5.75 Å². The molecular formula is C17H17N3O3S. The number of carbonyl (C=O) groups excluding carboxylic acids is 1. The molecule has 4 rings (SSSR count). The first-order valence-corrected chi connectivity index (χ1v) is 8.63. The normalized spacial score (nSPS) is 15.0. The van der Waals surface area contributed by atoms with Crippen molar-refractivity contribution in [1.82, 2.24) is 14.3 Å². The topological polar surface area (TPSA) is 56.1 Å². The van der Waals surface area contributed by atoms with E-state index in [2.05, 4.69) is 4.98 Å². The van der Waals surface area contributed by atoms with Crippen LogP contribution in [0.5, 0.6) is 5.75 Å². The van der Waals surface area contributed by atoms with Gasteiger partial charge in [0.25, 0.3) is 5.91 Å². The zero-order valence-corrected chi connectivity index (χ0v) is 14.1. The summed E-state index contributed by atoms with van der Waals surface area (Å²) in [5, 5.41) is 1.97. The molecular weight excluding hydrogens is 326 g/mol. The molecule has 1 fully saturated rings. The van der Waals surface area contributed by atoms with Gasteiger partial charge in [-0.05, 0) is 24.3 Å². The highest BCUT2D eigenvalue weighted by Gasteiger charge is 2.26. The van der Waals surface area contributed by atoms with E-state index in [1.165, 1.54) is 11.3 Å². The minimum absolute atomic E-state index is 0.0416. The Labute approximate surface area is 143 Å². The number of rotatable bonds is 3. The van der Waals surface area contributed by atoms with Crippen LogP contribution in [0.2, 0.25) is 0 Å². The summed E-state index contributed by atoms with van der Waals surface area (Å²) >= 11 is 1.52. The SMILES string of the molecule is COc1ccc(-c2c(C(=O)N3CCOCC3)nc3sccn23)cc1. The van der Waals surface area contributed by atoms with Crippen LogP contribution in [0.3, 0.4) is 0 Å². The third-order valence-electron chi connectivity index (χ3n) is 4.13. The molecule has 0 N–H and O–H groups in total. The monoisotopic (exact) mass is 343 g/mol. The molecule has 2 aromatic heterocycles. The zero-order chi connectivity index (χ0) is 16.5. The van der Waals surface area contributed by atoms with Crippen molar-refractivity contribution in [2.75, 3.05) is 33.4 Å². The number of nitrogens with zero attached hydrogens (tertiary/aromatic N) is 3. The van der Waals surface area contributed by atoms with Crippen LogP contribution >= 0.6 is 11.3 Å². The van der Waals surface area contributed by atoms with Crippen molar-refractivity contribution < 1.29 is 14.3 Å². The first kappa shape index (κ1) is 15.2. The fourth-order valence-electron chi connectivity index (χ4n) is 2.88. The van der Waals surface area contributed by atoms with E-state index in [4.69, 9.17) is 9.47 Å². The molecule has 7 heteroatoms. The Balaban J connectivity index is 1.80. The van der Waals surface area contributed by atoms with Crippen LogP contribution in [0, 0.1) is 0 Å². The first-order chi connectivity index (χ1) is 11.8. The van der Waals surface area contributed by atoms with E-state index >= 15 is 0 Å². The van der Waals surface area contributed by atoms with Crippen LogP contribution in [0.25, 0.3) is 16.2 Å². The molecule has 0 bridgehead atoms. The number of amides is 1. The number of benzene rings is 1. The van der Waals surface area contributed by atoms with Crippen molar-refractivity contribution in [3.05, 3.63) is 41.5 Å². The molecule has 0 aliphatic carbocycles. The van der Waals surface area contributed by atoms with Crippen LogP contribution in [-0.4, -0.2) is 53.6 Å². The molecule has 0 unspecified atom stereocenters. The number of morpholine rings is 1. The van der Waals surface area contributed by atoms with E-state index in [9.17, 15) is 4.79 Å². The van der Waals surface area contributed by atoms with Crippen LogP contribution in [-0.2, 0) is 4.74 Å². The Kier molecular flexibility index (Phi) is 3.95. The summed E-state index contributed by atoms with van der Waals surface area (Å²) in [5.41, 5.74) is 2.26. The third kappa shape index (κ3) is 2.55. The number of thiazole rings is 1. The van der Waals surface area contributed by atoms with Crippen LogP contribution in [0.4, 0.5) is 0 Å². The van der Waals surface area contributed by atoms with Crippen LogP contribution < -0.4 is 4.74 Å². The molecule has 124 valence electrons. The number of fused-ring (bicyclic) bond motifs is 1. The fraction of sp³-hybridized carbons (Fsp3) is 0.294. The molecule has 0 radical (unpaired) electrons. The molecule has 1 amide bonds. The van der Waals surface area contributed by atoms with E-state index in [0.29, 0.717) is 32.0 Å². The summed E-state index contributed by atoms with van der Waals surface area (Å²) in [6, 6.07) is 7.69. The Hall–Kier alpha value is -2.38. The summed E-state index contributed by atoms with van der Waals surface area (Å²) in [5.74, 6) is 0.742. The largest absolute Gasteiger partial charge is 0.497 e. The second-order valence-corrected chi connectivity index (χ2v) is 6.37. The molecule has 24 heavy (non-hydrogen) atoms. The number of hydrogen-bond acceptors (Lipinski definition) is 5. The maximum absolute atomic E-state index is 13.0. The maximum Gasteiger partial charge on any atom is 0.274 e. The van der Waals surface area contributed by atoms with Gasteiger partial charge >= 0.3 is 0 Å². The molecule has 0 saturated carbocycles. The summed E-state index contributed by atoms with van der Waals surface area (Å²) in [7, 11) is 1.64. The van der Waals surface area contributed by atoms with Crippen molar-refractivity contribution in [3.63, 3.8) is 0 Å². The Morgan fingerprint density at radius 3 is 2.71 bits per heavy atom. The predicted octanol–water partition coefficient (Wildman–Crippen LogP) is 2.54. The van der Waals surface area contributed by atoms with E-state index in [-0.39, 0.29) is 5.91 Å². The second kappa shape index (κ2) is 6.26. The Morgan fingerprint density at radius 1 is 1.25 bits per heavy atom. The van der Waals surface area contributed by atoms with Crippen LogP contribution in [0.1, 0.15) is 10.5 Å². The lowest BCUT2D eigenvalue weighted by molar-refractivity contribution is 0.0300. The van der Waals surface area contributed by atoms with Crippen molar-refractivity contribution in [2.24, 2.45) is 0 Å². The van der Waals surface area contributed by atoms with Gasteiger partial charge in [-0.1, -0.05) is 0 Å². The molecule has 0 atom stereocenters. The Morgan fingerprint density at radius 2 is 2.00 bits per heavy atom. The van der Waals surface area contributed by atoms with Gasteiger partial charge in [0.2, 0.25) is 0 Å². The van der Waals surface area contributed by atoms with Crippen LogP contribution in [0.15, 0.2) is 35.8 Å². The third-order valence-corrected chi connectivity index (χ3v) is 4.88. The number of ether oxygens (including phenoxy) is 2. The number of hydrogen-bond donors (Lipinski definition) is 0. The Bertz CT molecular complexity index is 863. The van der Waals surface area contributed by atoms with Gasteiger partial charge in [0.15, 0.2) is 10.7 Å². The van der Waals surface area contributed by atoms with Gasteiger partial charge in [-0.3, -0.25) is 9.20 Å². The van der Waals surface area contributed by atoms with Crippen molar-refractivity contribution >= 4 is 22.2 Å². The predicted molar refractivity (Wildman–Crippen MR) is 91.8 cm³/mol. The average molecular weight is 343 g/mol. The quantitative estimate of drug-likeness (QED) is 0.733. The standard InChI is InChI=1S/C17H17N3O3S/c1-22-13-4-2-12(3-5-13)15-14(18-17-20(15)8-11-24-17)16(21)19-6-9-23-10-7-19/h2-5,8,11H,6-7,9-10H2,1H3. The molecule has 0 spiro atoms. The molecule has 3 heterocycles. The maximum atomic E-state index is 13.0. The average Bonchev–Trinajstić information content (AvgIpc) is 3.23. The first-order valence-electron chi connectivity index (χ1n) is 7.75. The summed E-state index contributed by atoms with van der Waals surface area (Å²) in [4.78, 5) is 20.2. The van der Waals surface area contributed by atoms with E-state index in [1.54, 1.807) is 7.11 Å². The number of methoxy groups -OCH3 is 1. The highest BCUT2D eigenvalue weighted by molar-refractivity contribution is 7.15. The van der Waals surface area contributed by atoms with Crippen molar-refractivity contribution in [1.29, 1.82) is 0 Å². The zero-order valence-electron chi connectivity index (χ0n) is 13.3. The number of aromatic nitrogens is 2. The van der Waals surface area contributed by atoms with E-state index in [1.807, 2.05) is 45.1 Å². The lowest BCUT2D eigenvalue weighted by atomic mass is 10.1. The van der Waals surface area contributed by atoms with Gasteiger partial charge < -0.3 is 14.4 Å². The van der Waals surface area contributed by atoms with Gasteiger partial charge in [-0.15, -0.1) is 11.3 Å². The summed E-state index contributed by atoms with van der Waals surface area (Å²) in [6.07, 6.45) is 1.95. The summed E-state index contributed by atoms with van der Waals surface area (Å²) < 4.78 is 12.5. The molecule has 1 saturated heterocycles. The highest BCUT2D eigenvalue weighted by Crippen LogP contribution is 2.29. The van der Waals surface area contributed by atoms with Gasteiger partial charge in [-0.2, -0.15) is 0 Å². The van der Waals surface area contributed by atoms with E-state index < -0.39 is 0 Å². The molecule has 3 aromatic rings. The molecule has 1 aliphatic heterocycles. The lowest BCUT2D eigenvalue weighted by Gasteiger charge is -2.26. The molecule has 6 nitrogen and oxygen atoms in total. The second-order valence-electron chi connectivity index (χ2n) is 5.50. The fourth-order valence-corrected chi connectivity index (χ4v) is 3.59. The molecule has 1 aliphatic rings. The smallest absolute Gasteiger partial charge is 0.274 e. The highest BCUT2D eigenvalue weighted by atomic mass is 32.1. The molecule has 1 aromatic carbocycles. The summed E-state index contributed by atoms with van der Waals surface area (Å²) in [6.45, 7) is 2.36. The minimum atomic E-state index is -0.0416. The lowest BCUT2D eigenvalue weighted by Crippen LogP contribution is -2.41.